The Bertz CT molecular complexity index is 955. The van der Waals surface area contributed by atoms with Gasteiger partial charge in [0.2, 0.25) is 0 Å². The van der Waals surface area contributed by atoms with Crippen LogP contribution in [0.4, 0.5) is 9.70 Å². The minimum Gasteiger partial charge on any atom is -0.362 e. The van der Waals surface area contributed by atoms with E-state index < -0.39 is 0 Å². The Balaban J connectivity index is 2.27. The van der Waals surface area contributed by atoms with Gasteiger partial charge in [-0.15, -0.1) is 3.89 Å². The number of hydrogen-bond donors (Lipinski definition) is 0. The van der Waals surface area contributed by atoms with Gasteiger partial charge in [-0.2, -0.15) is 4.98 Å². The number of hydrogen-bond acceptors (Lipinski definition) is 5. The summed E-state index contributed by atoms with van der Waals surface area (Å²) in [6, 6.07) is 5.32. The molecule has 2 heterocycles. The smallest absolute Gasteiger partial charge is 0.350 e. The van der Waals surface area contributed by atoms with Gasteiger partial charge in [0.25, 0.3) is 0 Å². The summed E-state index contributed by atoms with van der Waals surface area (Å²) in [7, 11) is 3.69. The highest BCUT2D eigenvalue weighted by atomic mass is 79.9. The summed E-state index contributed by atoms with van der Waals surface area (Å²) >= 11 is 3.51. The van der Waals surface area contributed by atoms with E-state index in [2.05, 4.69) is 25.9 Å². The SMILES string of the molecule is CC(c1cn(SF)cn1)n1c(=O)nc(N(C)C)c2ccc(Br)cc21. The standard InChI is InChI=1S/C15H15BrFN5OS/c1-9(12-7-21(24-17)8-18-12)22-13-6-10(16)4-5-11(13)14(20(2)3)19-15(22)23/h4-9H,1-3H3. The number of aromatic nitrogens is 4. The Morgan fingerprint density at radius 2 is 2.12 bits per heavy atom. The second kappa shape index (κ2) is 6.56. The van der Waals surface area contributed by atoms with Gasteiger partial charge in [0.05, 0.1) is 17.3 Å². The normalized spacial score (nSPS) is 12.5. The fourth-order valence-corrected chi connectivity index (χ4v) is 3.20. The molecule has 3 rings (SSSR count). The van der Waals surface area contributed by atoms with Crippen molar-refractivity contribution < 1.29 is 3.89 Å². The van der Waals surface area contributed by atoms with Gasteiger partial charge < -0.3 is 4.90 Å². The van der Waals surface area contributed by atoms with E-state index in [0.29, 0.717) is 11.5 Å². The van der Waals surface area contributed by atoms with Gasteiger partial charge in [0.15, 0.2) is 12.3 Å². The summed E-state index contributed by atoms with van der Waals surface area (Å²) < 4.78 is 16.4. The molecule has 6 nitrogen and oxygen atoms in total. The zero-order valence-corrected chi connectivity index (χ0v) is 15.7. The molecule has 2 aromatic heterocycles. The highest BCUT2D eigenvalue weighted by Gasteiger charge is 2.19. The van der Waals surface area contributed by atoms with E-state index in [9.17, 15) is 8.68 Å². The summed E-state index contributed by atoms with van der Waals surface area (Å²) in [5, 5.41) is 0.856. The molecule has 1 atom stereocenters. The highest BCUT2D eigenvalue weighted by Crippen LogP contribution is 2.28. The van der Waals surface area contributed by atoms with E-state index >= 15 is 0 Å². The van der Waals surface area contributed by atoms with Crippen LogP contribution < -0.4 is 10.6 Å². The van der Waals surface area contributed by atoms with Crippen LogP contribution >= 0.6 is 28.3 Å². The Kier molecular flexibility index (Phi) is 4.64. The summed E-state index contributed by atoms with van der Waals surface area (Å²) in [6.07, 6.45) is 2.94. The summed E-state index contributed by atoms with van der Waals surface area (Å²) in [6.45, 7) is 1.84. The fourth-order valence-electron chi connectivity index (χ4n) is 2.62. The molecule has 0 fully saturated rings. The van der Waals surface area contributed by atoms with Gasteiger partial charge in [-0.1, -0.05) is 15.9 Å². The zero-order chi connectivity index (χ0) is 17.4. The molecule has 0 aliphatic heterocycles. The van der Waals surface area contributed by atoms with Gasteiger partial charge in [-0.3, -0.25) is 8.54 Å². The first kappa shape index (κ1) is 17.0. The number of rotatable bonds is 4. The molecule has 0 aliphatic carbocycles. The molecule has 0 saturated carbocycles. The first-order chi connectivity index (χ1) is 11.4. The average molecular weight is 412 g/mol. The monoisotopic (exact) mass is 411 g/mol. The summed E-state index contributed by atoms with van der Waals surface area (Å²) in [4.78, 5) is 22.9. The molecule has 0 radical (unpaired) electrons. The predicted octanol–water partition coefficient (Wildman–Crippen LogP) is 3.41. The third-order valence-electron chi connectivity index (χ3n) is 3.77. The van der Waals surface area contributed by atoms with Crippen LogP contribution in [0.3, 0.4) is 0 Å². The average Bonchev–Trinajstić information content (AvgIpc) is 3.02. The van der Waals surface area contributed by atoms with Gasteiger partial charge >= 0.3 is 5.69 Å². The van der Waals surface area contributed by atoms with Crippen LogP contribution in [0.1, 0.15) is 18.7 Å². The molecule has 0 spiro atoms. The lowest BCUT2D eigenvalue weighted by molar-refractivity contribution is 0.608. The van der Waals surface area contributed by atoms with Crippen LogP contribution in [-0.2, 0) is 0 Å². The molecular formula is C15H15BrFN5OS. The molecule has 0 amide bonds. The zero-order valence-electron chi connectivity index (χ0n) is 13.3. The number of fused-ring (bicyclic) bond motifs is 1. The molecule has 0 bridgehead atoms. The van der Waals surface area contributed by atoms with Crippen molar-refractivity contribution in [1.82, 2.24) is 18.5 Å². The van der Waals surface area contributed by atoms with E-state index in [1.165, 1.54) is 10.3 Å². The molecule has 24 heavy (non-hydrogen) atoms. The van der Waals surface area contributed by atoms with Gasteiger partial charge in [-0.25, -0.2) is 9.78 Å². The van der Waals surface area contributed by atoms with Crippen molar-refractivity contribution in [3.05, 3.63) is 51.4 Å². The molecular weight excluding hydrogens is 397 g/mol. The third-order valence-corrected chi connectivity index (χ3v) is 4.62. The van der Waals surface area contributed by atoms with Crippen LogP contribution in [-0.4, -0.2) is 32.6 Å². The lowest BCUT2D eigenvalue weighted by Gasteiger charge is -2.20. The maximum absolute atomic E-state index is 12.7. The largest absolute Gasteiger partial charge is 0.362 e. The maximum atomic E-state index is 12.7. The van der Waals surface area contributed by atoms with Crippen molar-refractivity contribution in [2.24, 2.45) is 0 Å². The van der Waals surface area contributed by atoms with E-state index in [4.69, 9.17) is 0 Å². The van der Waals surface area contributed by atoms with E-state index in [1.54, 1.807) is 15.7 Å². The van der Waals surface area contributed by atoms with Crippen LogP contribution in [0.25, 0.3) is 10.9 Å². The fraction of sp³-hybridized carbons (Fsp3) is 0.267. The molecule has 1 unspecified atom stereocenters. The van der Waals surface area contributed by atoms with Gasteiger partial charge in [0.1, 0.15) is 12.1 Å². The van der Waals surface area contributed by atoms with Crippen molar-refractivity contribution in [1.29, 1.82) is 0 Å². The molecule has 9 heteroatoms. The minimum absolute atomic E-state index is 0.0559. The first-order valence-corrected chi connectivity index (χ1v) is 8.61. The van der Waals surface area contributed by atoms with Crippen LogP contribution in [0.15, 0.2) is 40.0 Å². The number of halogens is 2. The Hall–Kier alpha value is -1.87. The van der Waals surface area contributed by atoms with Crippen molar-refractivity contribution in [2.45, 2.75) is 13.0 Å². The second-order valence-corrected chi connectivity index (χ2v) is 7.02. The maximum Gasteiger partial charge on any atom is 0.350 e. The number of benzene rings is 1. The van der Waals surface area contributed by atoms with Crippen LogP contribution in [0.5, 0.6) is 0 Å². The lowest BCUT2D eigenvalue weighted by atomic mass is 10.2. The minimum atomic E-state index is -0.383. The van der Waals surface area contributed by atoms with Crippen molar-refractivity contribution in [3.63, 3.8) is 0 Å². The molecule has 1 aromatic carbocycles. The van der Waals surface area contributed by atoms with E-state index in [1.807, 2.05) is 39.2 Å². The Morgan fingerprint density at radius 3 is 2.75 bits per heavy atom. The van der Waals surface area contributed by atoms with Crippen molar-refractivity contribution >= 4 is 45.0 Å². The summed E-state index contributed by atoms with van der Waals surface area (Å²) in [5.74, 6) is 0.607. The quantitative estimate of drug-likeness (QED) is 0.658. The molecule has 0 aliphatic rings. The van der Waals surface area contributed by atoms with Crippen LogP contribution in [0, 0.1) is 0 Å². The van der Waals surface area contributed by atoms with Crippen molar-refractivity contribution in [3.8, 4) is 0 Å². The van der Waals surface area contributed by atoms with E-state index in [-0.39, 0.29) is 24.1 Å². The molecule has 0 N–H and O–H groups in total. The van der Waals surface area contributed by atoms with E-state index in [0.717, 1.165) is 15.4 Å². The molecule has 3 aromatic rings. The number of anilines is 1. The predicted molar refractivity (Wildman–Crippen MR) is 98.2 cm³/mol. The van der Waals surface area contributed by atoms with Gasteiger partial charge in [0, 0.05) is 30.2 Å². The highest BCUT2D eigenvalue weighted by molar-refractivity contribution is 9.10. The molecule has 0 saturated heterocycles. The topological polar surface area (TPSA) is 56.0 Å². The second-order valence-electron chi connectivity index (χ2n) is 5.55. The number of imidazole rings is 1. The number of nitrogens with zero attached hydrogens (tertiary/aromatic N) is 5. The van der Waals surface area contributed by atoms with Crippen LogP contribution in [0.2, 0.25) is 0 Å². The van der Waals surface area contributed by atoms with Gasteiger partial charge in [-0.05, 0) is 25.1 Å². The first-order valence-electron chi connectivity index (χ1n) is 7.14. The Labute approximate surface area is 150 Å². The lowest BCUT2D eigenvalue weighted by Crippen LogP contribution is -2.29. The summed E-state index contributed by atoms with van der Waals surface area (Å²) in [5.41, 5.74) is 0.949. The van der Waals surface area contributed by atoms with Crippen molar-refractivity contribution in [2.75, 3.05) is 19.0 Å². The third kappa shape index (κ3) is 2.93. The molecule has 126 valence electrons. The Morgan fingerprint density at radius 1 is 1.38 bits per heavy atom.